The van der Waals surface area contributed by atoms with Crippen LogP contribution in [0.5, 0.6) is 0 Å². The average Bonchev–Trinajstić information content (AvgIpc) is 3.02. The van der Waals surface area contributed by atoms with E-state index in [4.69, 9.17) is 9.52 Å². The van der Waals surface area contributed by atoms with Gasteiger partial charge in [-0.2, -0.15) is 0 Å². The highest BCUT2D eigenvalue weighted by atomic mass is 32.1. The molecule has 1 atom stereocenters. The zero-order chi connectivity index (χ0) is 12.5. The molecule has 0 radical (unpaired) electrons. The number of fused-ring (bicyclic) bond motifs is 1. The lowest BCUT2D eigenvalue weighted by Gasteiger charge is -2.02. The van der Waals surface area contributed by atoms with Crippen molar-refractivity contribution in [2.24, 2.45) is 0 Å². The average molecular weight is 264 g/mol. The van der Waals surface area contributed by atoms with E-state index in [1.54, 1.807) is 6.26 Å². The number of carboxylic acid groups (broad SMARTS) is 1. The highest BCUT2D eigenvalue weighted by molar-refractivity contribution is 7.15. The van der Waals surface area contributed by atoms with Gasteiger partial charge in [-0.1, -0.05) is 0 Å². The molecule has 6 heteroatoms. The van der Waals surface area contributed by atoms with Crippen LogP contribution in [0.15, 0.2) is 22.8 Å². The number of hydrogen-bond acceptors (Lipinski definition) is 5. The molecular formula is C12H12N2O3S. The van der Waals surface area contributed by atoms with Crippen molar-refractivity contribution in [3.8, 4) is 0 Å². The van der Waals surface area contributed by atoms with Gasteiger partial charge in [0, 0.05) is 4.88 Å². The first-order chi connectivity index (χ1) is 8.74. The molecule has 2 aromatic rings. The van der Waals surface area contributed by atoms with Crippen LogP contribution in [-0.4, -0.2) is 16.1 Å². The summed E-state index contributed by atoms with van der Waals surface area (Å²) < 4.78 is 5.21. The smallest absolute Gasteiger partial charge is 0.312 e. The summed E-state index contributed by atoms with van der Waals surface area (Å²) in [4.78, 5) is 16.5. The molecule has 0 bridgehead atoms. The molecule has 1 aliphatic rings. The monoisotopic (exact) mass is 264 g/mol. The first-order valence-corrected chi connectivity index (χ1v) is 6.54. The van der Waals surface area contributed by atoms with Gasteiger partial charge in [0.15, 0.2) is 5.13 Å². The van der Waals surface area contributed by atoms with Crippen LogP contribution in [0, 0.1) is 0 Å². The highest BCUT2D eigenvalue weighted by Crippen LogP contribution is 2.38. The van der Waals surface area contributed by atoms with Gasteiger partial charge in [-0.25, -0.2) is 4.98 Å². The van der Waals surface area contributed by atoms with Gasteiger partial charge < -0.3 is 14.8 Å². The van der Waals surface area contributed by atoms with Gasteiger partial charge in [0.25, 0.3) is 0 Å². The third-order valence-electron chi connectivity index (χ3n) is 3.01. The van der Waals surface area contributed by atoms with Crippen molar-refractivity contribution in [3.63, 3.8) is 0 Å². The van der Waals surface area contributed by atoms with E-state index in [1.807, 2.05) is 12.1 Å². The number of hydrogen-bond donors (Lipinski definition) is 2. The van der Waals surface area contributed by atoms with Gasteiger partial charge >= 0.3 is 5.97 Å². The quantitative estimate of drug-likeness (QED) is 0.887. The summed E-state index contributed by atoms with van der Waals surface area (Å²) in [7, 11) is 0. The fourth-order valence-electron chi connectivity index (χ4n) is 2.12. The first-order valence-electron chi connectivity index (χ1n) is 5.72. The summed E-state index contributed by atoms with van der Waals surface area (Å²) in [5.74, 6) is -0.382. The number of carbonyl (C=O) groups is 1. The van der Waals surface area contributed by atoms with Crippen molar-refractivity contribution in [2.45, 2.75) is 25.3 Å². The van der Waals surface area contributed by atoms with E-state index in [2.05, 4.69) is 10.3 Å². The summed E-state index contributed by atoms with van der Waals surface area (Å²) in [6.45, 7) is 0.567. The molecule has 0 aromatic carbocycles. The summed E-state index contributed by atoms with van der Waals surface area (Å²) in [6, 6.07) is 3.72. The highest BCUT2D eigenvalue weighted by Gasteiger charge is 2.32. The zero-order valence-electron chi connectivity index (χ0n) is 9.55. The lowest BCUT2D eigenvalue weighted by Crippen LogP contribution is -2.09. The second-order valence-corrected chi connectivity index (χ2v) is 5.27. The van der Waals surface area contributed by atoms with E-state index in [-0.39, 0.29) is 0 Å². The molecule has 0 amide bonds. The van der Waals surface area contributed by atoms with Crippen molar-refractivity contribution < 1.29 is 14.3 Å². The molecule has 18 heavy (non-hydrogen) atoms. The minimum atomic E-state index is -0.781. The summed E-state index contributed by atoms with van der Waals surface area (Å²) in [6.07, 6.45) is 3.10. The number of anilines is 1. The molecule has 2 heterocycles. The summed E-state index contributed by atoms with van der Waals surface area (Å²) >= 11 is 1.54. The number of thiazole rings is 1. The molecule has 0 saturated carbocycles. The number of furan rings is 1. The van der Waals surface area contributed by atoms with Gasteiger partial charge in [0.2, 0.25) is 0 Å². The second kappa shape index (κ2) is 4.45. The molecular weight excluding hydrogens is 252 g/mol. The van der Waals surface area contributed by atoms with Crippen molar-refractivity contribution in [1.29, 1.82) is 0 Å². The standard InChI is InChI=1S/C12H12N2O3S/c15-11(16)8-3-4-9-10(8)14-12(18-9)13-6-7-2-1-5-17-7/h1-2,5,8H,3-4,6H2,(H,13,14)(H,15,16). The van der Waals surface area contributed by atoms with Crippen molar-refractivity contribution in [2.75, 3.05) is 5.32 Å². The van der Waals surface area contributed by atoms with E-state index < -0.39 is 11.9 Å². The predicted molar refractivity (Wildman–Crippen MR) is 66.8 cm³/mol. The Kier molecular flexibility index (Phi) is 2.79. The van der Waals surface area contributed by atoms with E-state index >= 15 is 0 Å². The fourth-order valence-corrected chi connectivity index (χ4v) is 3.15. The molecule has 0 spiro atoms. The topological polar surface area (TPSA) is 75.4 Å². The normalized spacial score (nSPS) is 17.7. The minimum absolute atomic E-state index is 0.435. The maximum absolute atomic E-state index is 11.0. The van der Waals surface area contributed by atoms with Crippen LogP contribution in [-0.2, 0) is 17.8 Å². The number of aliphatic carboxylic acids is 1. The third kappa shape index (κ3) is 1.99. The molecule has 2 aromatic heterocycles. The fraction of sp³-hybridized carbons (Fsp3) is 0.333. The first kappa shape index (κ1) is 11.3. The Morgan fingerprint density at radius 1 is 1.67 bits per heavy atom. The van der Waals surface area contributed by atoms with Crippen LogP contribution in [0.1, 0.15) is 28.7 Å². The lowest BCUT2D eigenvalue weighted by molar-refractivity contribution is -0.138. The number of aromatic nitrogens is 1. The molecule has 3 rings (SSSR count). The van der Waals surface area contributed by atoms with Crippen LogP contribution in [0.2, 0.25) is 0 Å². The maximum Gasteiger partial charge on any atom is 0.312 e. The van der Waals surface area contributed by atoms with Gasteiger partial charge in [-0.3, -0.25) is 4.79 Å². The Bertz CT molecular complexity index is 562. The van der Waals surface area contributed by atoms with Gasteiger partial charge in [-0.15, -0.1) is 11.3 Å². The second-order valence-electron chi connectivity index (χ2n) is 4.19. The summed E-state index contributed by atoms with van der Waals surface area (Å²) in [5.41, 5.74) is 0.731. The molecule has 2 N–H and O–H groups in total. The number of nitrogens with zero attached hydrogens (tertiary/aromatic N) is 1. The van der Waals surface area contributed by atoms with Crippen molar-refractivity contribution in [3.05, 3.63) is 34.7 Å². The Hall–Kier alpha value is -1.82. The molecule has 0 fully saturated rings. The number of aryl methyl sites for hydroxylation is 1. The molecule has 0 aliphatic heterocycles. The molecule has 94 valence electrons. The van der Waals surface area contributed by atoms with Crippen molar-refractivity contribution in [1.82, 2.24) is 4.98 Å². The Morgan fingerprint density at radius 2 is 2.56 bits per heavy atom. The Balaban J connectivity index is 1.72. The Labute approximate surface area is 107 Å². The van der Waals surface area contributed by atoms with E-state index in [0.29, 0.717) is 13.0 Å². The van der Waals surface area contributed by atoms with Crippen molar-refractivity contribution >= 4 is 22.4 Å². The minimum Gasteiger partial charge on any atom is -0.481 e. The molecule has 1 aliphatic carbocycles. The van der Waals surface area contributed by atoms with Crippen LogP contribution < -0.4 is 5.32 Å². The lowest BCUT2D eigenvalue weighted by atomic mass is 10.1. The largest absolute Gasteiger partial charge is 0.481 e. The van der Waals surface area contributed by atoms with Crippen LogP contribution in [0.3, 0.4) is 0 Å². The van der Waals surface area contributed by atoms with E-state index in [0.717, 1.165) is 27.9 Å². The summed E-state index contributed by atoms with van der Waals surface area (Å²) in [5, 5.41) is 13.0. The Morgan fingerprint density at radius 3 is 3.28 bits per heavy atom. The number of nitrogens with one attached hydrogen (secondary N) is 1. The molecule has 1 unspecified atom stereocenters. The molecule has 0 saturated heterocycles. The van der Waals surface area contributed by atoms with E-state index in [9.17, 15) is 4.79 Å². The SMILES string of the molecule is O=C(O)C1CCc2sc(NCc3ccco3)nc21. The van der Waals surface area contributed by atoms with E-state index in [1.165, 1.54) is 11.3 Å². The zero-order valence-corrected chi connectivity index (χ0v) is 10.4. The van der Waals surface area contributed by atoms with Crippen LogP contribution >= 0.6 is 11.3 Å². The number of rotatable bonds is 4. The molecule has 5 nitrogen and oxygen atoms in total. The van der Waals surface area contributed by atoms with Gasteiger partial charge in [-0.05, 0) is 25.0 Å². The maximum atomic E-state index is 11.0. The van der Waals surface area contributed by atoms with Crippen LogP contribution in [0.4, 0.5) is 5.13 Å². The van der Waals surface area contributed by atoms with Crippen LogP contribution in [0.25, 0.3) is 0 Å². The predicted octanol–water partition coefficient (Wildman–Crippen LogP) is 2.46. The number of carboxylic acids is 1. The van der Waals surface area contributed by atoms with Gasteiger partial charge in [0.1, 0.15) is 11.7 Å². The third-order valence-corrected chi connectivity index (χ3v) is 4.10. The van der Waals surface area contributed by atoms with Gasteiger partial charge in [0.05, 0.1) is 18.5 Å².